The zero-order valence-electron chi connectivity index (χ0n) is 19.7. The van der Waals surface area contributed by atoms with Crippen LogP contribution in [0.2, 0.25) is 0 Å². The Hall–Kier alpha value is -2.96. The molecule has 7 heteroatoms. The number of carbonyl (C=O) groups is 2. The summed E-state index contributed by atoms with van der Waals surface area (Å²) in [5.41, 5.74) is 0.310. The zero-order chi connectivity index (χ0) is 24.0. The molecule has 2 aromatic rings. The van der Waals surface area contributed by atoms with Crippen LogP contribution >= 0.6 is 0 Å². The highest BCUT2D eigenvalue weighted by Gasteiger charge is 2.58. The van der Waals surface area contributed by atoms with Gasteiger partial charge in [0.25, 0.3) is 5.91 Å². The van der Waals surface area contributed by atoms with E-state index in [1.165, 1.54) is 36.8 Å². The molecule has 1 aromatic carbocycles. The van der Waals surface area contributed by atoms with Crippen LogP contribution < -0.4 is 5.32 Å². The predicted octanol–water partition coefficient (Wildman–Crippen LogP) is 4.36. The number of fused-ring (bicyclic) bond motifs is 1. The molecule has 33 heavy (non-hydrogen) atoms. The maximum atomic E-state index is 13.9. The van der Waals surface area contributed by atoms with Gasteiger partial charge in [-0.1, -0.05) is 34.1 Å². The number of Topliss-reactive ketones (excluding diaryl/α,β-unsaturated/α-hetero) is 1. The van der Waals surface area contributed by atoms with Gasteiger partial charge < -0.3 is 15.5 Å². The number of nitrogens with zero attached hydrogens (tertiary/aromatic N) is 2. The maximum absolute atomic E-state index is 13.9. The summed E-state index contributed by atoms with van der Waals surface area (Å²) in [6.07, 6.45) is 8.27. The number of hydrogen-bond acceptors (Lipinski definition) is 6. The Kier molecular flexibility index (Phi) is 5.93. The minimum Gasteiger partial charge on any atom is -0.508 e. The fourth-order valence-corrected chi connectivity index (χ4v) is 6.73. The van der Waals surface area contributed by atoms with Crippen molar-refractivity contribution in [3.8, 4) is 11.5 Å². The SMILES string of the molecule is C[C@@H]1[C@H](NC(=O)c2cnccn2)C[C@H]2C(C)(C)CCC[C@]2(C)[C@H]1C(=O)c1cc(O)cc(O)c1. The maximum Gasteiger partial charge on any atom is 0.271 e. The normalized spacial score (nSPS) is 30.8. The Morgan fingerprint density at radius 2 is 1.76 bits per heavy atom. The molecule has 1 amide bonds. The number of ketones is 1. The van der Waals surface area contributed by atoms with Crippen LogP contribution in [-0.4, -0.2) is 37.9 Å². The summed E-state index contributed by atoms with van der Waals surface area (Å²) >= 11 is 0. The van der Waals surface area contributed by atoms with Gasteiger partial charge in [0.15, 0.2) is 5.78 Å². The molecule has 2 fully saturated rings. The average Bonchev–Trinajstić information content (AvgIpc) is 2.74. The summed E-state index contributed by atoms with van der Waals surface area (Å²) in [7, 11) is 0. The Bertz CT molecular complexity index is 1030. The summed E-state index contributed by atoms with van der Waals surface area (Å²) < 4.78 is 0. The molecule has 176 valence electrons. The number of phenolic OH excluding ortho intramolecular Hbond substituents is 2. The second-order valence-corrected chi connectivity index (χ2v) is 10.7. The minimum atomic E-state index is -0.371. The summed E-state index contributed by atoms with van der Waals surface area (Å²) in [6, 6.07) is 3.85. The first kappa shape index (κ1) is 23.2. The van der Waals surface area contributed by atoms with Crippen LogP contribution in [0.25, 0.3) is 0 Å². The molecule has 0 radical (unpaired) electrons. The molecule has 2 saturated carbocycles. The standard InChI is InChI=1S/C26H33N3O4/c1-15-19(29-24(33)20-14-27-8-9-28-20)13-21-25(2,3)6-5-7-26(21,4)22(15)23(32)16-10-17(30)12-18(31)11-16/h8-12,14-15,19,21-22,30-31H,5-7,13H2,1-4H3,(H,29,33)/t15-,19-,21+,22-,26+/m1/s1. The van der Waals surface area contributed by atoms with Crippen LogP contribution in [0.4, 0.5) is 0 Å². The zero-order valence-corrected chi connectivity index (χ0v) is 19.7. The molecule has 0 aliphatic heterocycles. The van der Waals surface area contributed by atoms with Crippen molar-refractivity contribution in [3.63, 3.8) is 0 Å². The third-order valence-electron chi connectivity index (χ3n) is 8.22. The second-order valence-electron chi connectivity index (χ2n) is 10.7. The largest absolute Gasteiger partial charge is 0.508 e. The number of amides is 1. The Labute approximate surface area is 194 Å². The highest BCUT2D eigenvalue weighted by Crippen LogP contribution is 2.61. The second kappa shape index (κ2) is 8.43. The van der Waals surface area contributed by atoms with Gasteiger partial charge in [0.05, 0.1) is 6.20 Å². The molecule has 2 aliphatic rings. The lowest BCUT2D eigenvalue weighted by Crippen LogP contribution is -2.60. The number of aromatic nitrogens is 2. The molecule has 5 atom stereocenters. The van der Waals surface area contributed by atoms with E-state index >= 15 is 0 Å². The summed E-state index contributed by atoms with van der Waals surface area (Å²) in [4.78, 5) is 35.0. The minimum absolute atomic E-state index is 0.0160. The summed E-state index contributed by atoms with van der Waals surface area (Å²) in [6.45, 7) is 8.75. The van der Waals surface area contributed by atoms with Gasteiger partial charge >= 0.3 is 0 Å². The van der Waals surface area contributed by atoms with Crippen LogP contribution in [0, 0.1) is 28.6 Å². The van der Waals surface area contributed by atoms with Gasteiger partial charge in [0, 0.05) is 36.0 Å². The van der Waals surface area contributed by atoms with Crippen LogP contribution in [-0.2, 0) is 0 Å². The third-order valence-corrected chi connectivity index (χ3v) is 8.22. The first-order chi connectivity index (χ1) is 15.5. The highest BCUT2D eigenvalue weighted by atomic mass is 16.3. The van der Waals surface area contributed by atoms with Crippen molar-refractivity contribution in [2.45, 2.75) is 59.4 Å². The quantitative estimate of drug-likeness (QED) is 0.596. The fourth-order valence-electron chi connectivity index (χ4n) is 6.73. The molecule has 0 bridgehead atoms. The van der Waals surface area contributed by atoms with E-state index in [4.69, 9.17) is 0 Å². The van der Waals surface area contributed by atoms with E-state index in [9.17, 15) is 19.8 Å². The first-order valence-electron chi connectivity index (χ1n) is 11.7. The van der Waals surface area contributed by atoms with Gasteiger partial charge in [0.2, 0.25) is 0 Å². The lowest BCUT2D eigenvalue weighted by molar-refractivity contribution is -0.0902. The molecule has 0 saturated heterocycles. The average molecular weight is 452 g/mol. The van der Waals surface area contributed by atoms with Crippen molar-refractivity contribution < 1.29 is 19.8 Å². The third kappa shape index (κ3) is 4.21. The lowest BCUT2D eigenvalue weighted by atomic mass is 9.45. The topological polar surface area (TPSA) is 112 Å². The molecule has 2 aliphatic carbocycles. The van der Waals surface area contributed by atoms with Crippen LogP contribution in [0.3, 0.4) is 0 Å². The molecule has 0 spiro atoms. The number of carbonyl (C=O) groups excluding carboxylic acids is 2. The monoisotopic (exact) mass is 451 g/mol. The van der Waals surface area contributed by atoms with Crippen LogP contribution in [0.5, 0.6) is 11.5 Å². The van der Waals surface area contributed by atoms with Crippen molar-refractivity contribution in [1.82, 2.24) is 15.3 Å². The molecule has 1 heterocycles. The van der Waals surface area contributed by atoms with E-state index in [1.807, 2.05) is 6.92 Å². The molecule has 7 nitrogen and oxygen atoms in total. The van der Waals surface area contributed by atoms with Gasteiger partial charge in [-0.15, -0.1) is 0 Å². The number of aromatic hydroxyl groups is 2. The van der Waals surface area contributed by atoms with Gasteiger partial charge in [0.1, 0.15) is 17.2 Å². The van der Waals surface area contributed by atoms with Crippen LogP contribution in [0.1, 0.15) is 74.2 Å². The Morgan fingerprint density at radius 3 is 2.39 bits per heavy atom. The van der Waals surface area contributed by atoms with Crippen molar-refractivity contribution in [3.05, 3.63) is 48.0 Å². The predicted molar refractivity (Wildman–Crippen MR) is 124 cm³/mol. The number of benzene rings is 1. The molecule has 0 unspecified atom stereocenters. The van der Waals surface area contributed by atoms with E-state index in [2.05, 4.69) is 36.1 Å². The van der Waals surface area contributed by atoms with Crippen molar-refractivity contribution in [2.24, 2.45) is 28.6 Å². The molecule has 1 aromatic heterocycles. The molecular formula is C26H33N3O4. The first-order valence-corrected chi connectivity index (χ1v) is 11.7. The van der Waals surface area contributed by atoms with Gasteiger partial charge in [-0.25, -0.2) is 4.98 Å². The Morgan fingerprint density at radius 1 is 1.06 bits per heavy atom. The molecule has 3 N–H and O–H groups in total. The number of hydrogen-bond donors (Lipinski definition) is 3. The number of rotatable bonds is 4. The number of nitrogens with one attached hydrogen (secondary N) is 1. The van der Waals surface area contributed by atoms with E-state index in [-0.39, 0.29) is 63.5 Å². The van der Waals surface area contributed by atoms with E-state index < -0.39 is 0 Å². The highest BCUT2D eigenvalue weighted by molar-refractivity contribution is 5.99. The van der Waals surface area contributed by atoms with Gasteiger partial charge in [-0.2, -0.15) is 0 Å². The fraction of sp³-hybridized carbons (Fsp3) is 0.538. The summed E-state index contributed by atoms with van der Waals surface area (Å²) in [5, 5.41) is 23.1. The van der Waals surface area contributed by atoms with E-state index in [0.29, 0.717) is 5.56 Å². The van der Waals surface area contributed by atoms with Gasteiger partial charge in [-0.3, -0.25) is 14.6 Å². The van der Waals surface area contributed by atoms with E-state index in [1.54, 1.807) is 0 Å². The smallest absolute Gasteiger partial charge is 0.271 e. The van der Waals surface area contributed by atoms with E-state index in [0.717, 1.165) is 25.7 Å². The van der Waals surface area contributed by atoms with Crippen molar-refractivity contribution in [2.75, 3.05) is 0 Å². The van der Waals surface area contributed by atoms with Crippen molar-refractivity contribution in [1.29, 1.82) is 0 Å². The summed E-state index contributed by atoms with van der Waals surface area (Å²) in [5.74, 6) is -0.959. The Balaban J connectivity index is 1.73. The van der Waals surface area contributed by atoms with Crippen LogP contribution in [0.15, 0.2) is 36.8 Å². The molecule has 4 rings (SSSR count). The van der Waals surface area contributed by atoms with Crippen molar-refractivity contribution >= 4 is 11.7 Å². The number of phenols is 2. The molecular weight excluding hydrogens is 418 g/mol. The van der Waals surface area contributed by atoms with Gasteiger partial charge in [-0.05, 0) is 54.1 Å². The lowest BCUT2D eigenvalue weighted by Gasteiger charge is -2.60.